The fourth-order valence-corrected chi connectivity index (χ4v) is 11.1. The molecule has 8 aliphatic rings. The minimum absolute atomic E-state index is 0.0153. The minimum atomic E-state index is -1.89. The van der Waals surface area contributed by atoms with Gasteiger partial charge in [0.2, 0.25) is 11.4 Å². The van der Waals surface area contributed by atoms with Gasteiger partial charge in [-0.25, -0.2) is 4.79 Å². The highest BCUT2D eigenvalue weighted by Crippen LogP contribution is 2.77. The number of fused-ring (bicyclic) bond motifs is 3. The van der Waals surface area contributed by atoms with Crippen molar-refractivity contribution in [1.29, 1.82) is 0 Å². The Kier molecular flexibility index (Phi) is 5.77. The highest BCUT2D eigenvalue weighted by Gasteiger charge is 2.95. The van der Waals surface area contributed by atoms with Crippen molar-refractivity contribution >= 4 is 11.9 Å². The molecule has 3 spiro atoms. The zero-order valence-electron chi connectivity index (χ0n) is 25.6. The summed E-state index contributed by atoms with van der Waals surface area (Å²) in [6, 6.07) is 0. The third kappa shape index (κ3) is 3.07. The first-order valence-corrected chi connectivity index (χ1v) is 16.1. The van der Waals surface area contributed by atoms with Gasteiger partial charge in [-0.1, -0.05) is 52.5 Å². The van der Waals surface area contributed by atoms with Gasteiger partial charge in [-0.15, -0.1) is 0 Å². The van der Waals surface area contributed by atoms with E-state index in [1.165, 1.54) is 6.92 Å². The quantitative estimate of drug-likeness (QED) is 0.279. The lowest BCUT2D eigenvalue weighted by atomic mass is 9.49. The van der Waals surface area contributed by atoms with Gasteiger partial charge in [-0.2, -0.15) is 0 Å². The molecule has 2 N–H and O–H groups in total. The average Bonchev–Trinajstić information content (AvgIpc) is 3.43. The van der Waals surface area contributed by atoms with Crippen LogP contribution in [0.25, 0.3) is 0 Å². The van der Waals surface area contributed by atoms with Crippen molar-refractivity contribution in [1.82, 2.24) is 0 Å². The van der Waals surface area contributed by atoms with Crippen molar-refractivity contribution in [3.8, 4) is 0 Å². The molecular weight excluding hydrogens is 560 g/mol. The predicted molar refractivity (Wildman–Crippen MR) is 146 cm³/mol. The van der Waals surface area contributed by atoms with Crippen molar-refractivity contribution in [2.45, 2.75) is 138 Å². The van der Waals surface area contributed by atoms with E-state index in [1.54, 1.807) is 6.92 Å². The van der Waals surface area contributed by atoms with E-state index in [1.807, 2.05) is 13.8 Å². The second-order valence-corrected chi connectivity index (χ2v) is 14.8. The van der Waals surface area contributed by atoms with E-state index < -0.39 is 94.9 Å². The number of hydrogen-bond acceptors (Lipinski definition) is 11. The summed E-state index contributed by atoms with van der Waals surface area (Å²) in [5.74, 6) is -6.35. The molecule has 11 heteroatoms. The minimum Gasteiger partial charge on any atom is -0.459 e. The van der Waals surface area contributed by atoms with Crippen LogP contribution in [0.4, 0.5) is 0 Å². The molecule has 11 nitrogen and oxygen atoms in total. The van der Waals surface area contributed by atoms with E-state index in [0.29, 0.717) is 12.0 Å². The molecule has 15 atom stereocenters. The van der Waals surface area contributed by atoms with Crippen LogP contribution in [-0.4, -0.2) is 87.3 Å². The Hall–Kier alpha value is -1.60. The zero-order chi connectivity index (χ0) is 30.5. The first kappa shape index (κ1) is 28.8. The molecule has 6 saturated heterocycles. The monoisotopic (exact) mass is 604 g/mol. The molecule has 2 aliphatic carbocycles. The maximum atomic E-state index is 14.2. The number of carbonyl (C=O) groups is 2. The van der Waals surface area contributed by atoms with Crippen molar-refractivity contribution in [3.05, 3.63) is 12.2 Å². The molecule has 43 heavy (non-hydrogen) atoms. The van der Waals surface area contributed by atoms with Crippen LogP contribution in [0.15, 0.2) is 12.2 Å². The molecule has 238 valence electrons. The van der Waals surface area contributed by atoms with Crippen LogP contribution in [-0.2, 0) is 42.7 Å². The number of aliphatic hydroxyl groups is 2. The van der Waals surface area contributed by atoms with Crippen molar-refractivity contribution in [2.75, 3.05) is 6.61 Å². The van der Waals surface area contributed by atoms with Crippen molar-refractivity contribution < 1.29 is 53.0 Å². The maximum absolute atomic E-state index is 14.2. The van der Waals surface area contributed by atoms with Crippen molar-refractivity contribution in [3.63, 3.8) is 0 Å². The van der Waals surface area contributed by atoms with Crippen LogP contribution >= 0.6 is 0 Å². The second-order valence-electron chi connectivity index (χ2n) is 14.8. The van der Waals surface area contributed by atoms with E-state index in [-0.39, 0.29) is 11.8 Å². The van der Waals surface area contributed by atoms with E-state index in [4.69, 9.17) is 33.2 Å². The molecule has 8 fully saturated rings. The largest absolute Gasteiger partial charge is 0.459 e. The summed E-state index contributed by atoms with van der Waals surface area (Å²) in [5, 5.41) is 23.2. The third-order valence-electron chi connectivity index (χ3n) is 12.6. The molecule has 15 unspecified atom stereocenters. The van der Waals surface area contributed by atoms with E-state index in [9.17, 15) is 19.8 Å². The van der Waals surface area contributed by atoms with Crippen LogP contribution in [0, 0.1) is 29.6 Å². The Morgan fingerprint density at radius 3 is 2.44 bits per heavy atom. The van der Waals surface area contributed by atoms with Crippen LogP contribution in [0.1, 0.15) is 79.6 Å². The average molecular weight is 605 g/mol. The Morgan fingerprint density at radius 1 is 1.02 bits per heavy atom. The van der Waals surface area contributed by atoms with Crippen LogP contribution < -0.4 is 0 Å². The summed E-state index contributed by atoms with van der Waals surface area (Å²) in [6.07, 6.45) is 2.20. The number of esters is 2. The van der Waals surface area contributed by atoms with Crippen LogP contribution in [0.3, 0.4) is 0 Å². The topological polar surface area (TPSA) is 143 Å². The normalized spacial score (nSPS) is 59.2. The Bertz CT molecular complexity index is 1290. The third-order valence-corrected chi connectivity index (χ3v) is 12.6. The van der Waals surface area contributed by atoms with Gasteiger partial charge in [0.25, 0.3) is 5.97 Å². The summed E-state index contributed by atoms with van der Waals surface area (Å²) in [7, 11) is 0. The SMILES string of the molecule is C=C(C)C12OC34CCCCCCCC(C)C5C6C7(OC5(C)OC7=O)C(O)C5(CO)OC5C(C1O3)C6(O4)C(C)C2OC(C)=O. The van der Waals surface area contributed by atoms with Gasteiger partial charge in [0.15, 0.2) is 5.60 Å². The second kappa shape index (κ2) is 8.60. The van der Waals surface area contributed by atoms with Gasteiger partial charge in [0.05, 0.1) is 12.2 Å². The van der Waals surface area contributed by atoms with E-state index in [0.717, 1.165) is 38.5 Å². The predicted octanol–water partition coefficient (Wildman–Crippen LogP) is 2.50. The summed E-state index contributed by atoms with van der Waals surface area (Å²) < 4.78 is 46.5. The maximum Gasteiger partial charge on any atom is 0.344 e. The van der Waals surface area contributed by atoms with Gasteiger partial charge < -0.3 is 43.4 Å². The van der Waals surface area contributed by atoms with Gasteiger partial charge in [-0.05, 0) is 24.8 Å². The molecule has 0 aromatic heterocycles. The molecule has 2 saturated carbocycles. The highest BCUT2D eigenvalue weighted by atomic mass is 16.9. The molecule has 0 radical (unpaired) electrons. The number of aliphatic hydroxyl groups excluding tert-OH is 2. The number of hydrogen-bond donors (Lipinski definition) is 2. The van der Waals surface area contributed by atoms with Crippen LogP contribution in [0.2, 0.25) is 0 Å². The van der Waals surface area contributed by atoms with Gasteiger partial charge in [-0.3, -0.25) is 4.79 Å². The highest BCUT2D eigenvalue weighted by molar-refractivity contribution is 5.86. The van der Waals surface area contributed by atoms with Crippen LogP contribution in [0.5, 0.6) is 0 Å². The molecule has 6 heterocycles. The van der Waals surface area contributed by atoms with Gasteiger partial charge >= 0.3 is 11.9 Å². The van der Waals surface area contributed by atoms with Gasteiger partial charge in [0, 0.05) is 43.9 Å². The Labute approximate surface area is 251 Å². The van der Waals surface area contributed by atoms with Crippen molar-refractivity contribution in [2.24, 2.45) is 29.6 Å². The standard InChI is InChI=1S/C32H44O11/c1-15(2)30-22(37-18(5)34)17(4)31-20-23-28(14-33,38-23)25(35)32-21(31)19(27(6,41-32)40-26(32)36)16(3)12-10-8-7-9-11-13-29(42-30,43-31)39-24(20)30/h16-17,19-25,33,35H,1,7-14H2,2-6H3. The molecular formula is C32H44O11. The lowest BCUT2D eigenvalue weighted by Crippen LogP contribution is -2.78. The number of rotatable bonds is 3. The number of ether oxygens (including phenoxy) is 7. The zero-order valence-corrected chi connectivity index (χ0v) is 25.6. The summed E-state index contributed by atoms with van der Waals surface area (Å²) in [4.78, 5) is 26.9. The summed E-state index contributed by atoms with van der Waals surface area (Å²) in [5.41, 5.74) is -5.36. The number of carbonyl (C=O) groups excluding carboxylic acids is 2. The Morgan fingerprint density at radius 2 is 1.74 bits per heavy atom. The first-order valence-electron chi connectivity index (χ1n) is 16.1. The molecule has 8 rings (SSSR count). The molecule has 0 amide bonds. The lowest BCUT2D eigenvalue weighted by molar-refractivity contribution is -0.436. The van der Waals surface area contributed by atoms with Gasteiger partial charge in [0.1, 0.15) is 30.0 Å². The first-order chi connectivity index (χ1) is 20.3. The summed E-state index contributed by atoms with van der Waals surface area (Å²) >= 11 is 0. The Balaban J connectivity index is 1.45. The fourth-order valence-electron chi connectivity index (χ4n) is 11.1. The number of epoxide rings is 1. The van der Waals surface area contributed by atoms with E-state index >= 15 is 0 Å². The molecule has 5 bridgehead atoms. The molecule has 0 aromatic rings. The fraction of sp³-hybridized carbons (Fsp3) is 0.875. The molecule has 6 aliphatic heterocycles. The summed E-state index contributed by atoms with van der Waals surface area (Å²) in [6.45, 7) is 12.9. The lowest BCUT2D eigenvalue weighted by Gasteiger charge is -2.63. The molecule has 0 aromatic carbocycles. The smallest absolute Gasteiger partial charge is 0.344 e. The van der Waals surface area contributed by atoms with E-state index in [2.05, 4.69) is 13.5 Å².